The minimum Gasteiger partial charge on any atom is -0.425 e. The Balaban J connectivity index is 1.65. The minimum absolute atomic E-state index is 0.0167. The van der Waals surface area contributed by atoms with Gasteiger partial charge in [0.25, 0.3) is 0 Å². The lowest BCUT2D eigenvalue weighted by atomic mass is 9.64. The number of nitriles is 1. The third kappa shape index (κ3) is 2.66. The summed E-state index contributed by atoms with van der Waals surface area (Å²) >= 11 is 0. The van der Waals surface area contributed by atoms with Gasteiger partial charge in [0, 0.05) is 16.5 Å². The summed E-state index contributed by atoms with van der Waals surface area (Å²) < 4.78 is 11.8. The number of fused-ring (bicyclic) bond motifs is 4. The van der Waals surface area contributed by atoms with Gasteiger partial charge in [-0.3, -0.25) is 9.59 Å². The first kappa shape index (κ1) is 23.3. The Bertz CT molecular complexity index is 1880. The number of nitrogens with two attached hydrogens (primary N) is 1. The van der Waals surface area contributed by atoms with Gasteiger partial charge in [-0.1, -0.05) is 67.6 Å². The van der Waals surface area contributed by atoms with Crippen molar-refractivity contribution in [2.75, 3.05) is 4.90 Å². The molecule has 1 aromatic heterocycles. The fraction of sp³-hybridized carbons (Fsp3) is 0.219. The highest BCUT2D eigenvalue weighted by Gasteiger charge is 2.66. The van der Waals surface area contributed by atoms with Gasteiger partial charge < -0.3 is 19.8 Å². The number of para-hydroxylation sites is 2. The molecule has 7 nitrogen and oxygen atoms in total. The van der Waals surface area contributed by atoms with Crippen LogP contribution in [0.15, 0.2) is 93.5 Å². The zero-order valence-electron chi connectivity index (χ0n) is 21.7. The van der Waals surface area contributed by atoms with Crippen LogP contribution in [0.5, 0.6) is 5.95 Å². The molecular weight excluding hydrogens is 490 g/mol. The Morgan fingerprint density at radius 3 is 2.36 bits per heavy atom. The maximum Gasteiger partial charge on any atom is 0.300 e. The van der Waals surface area contributed by atoms with Crippen molar-refractivity contribution in [3.63, 3.8) is 0 Å². The number of ether oxygens (including phenoxy) is 1. The molecule has 2 atom stereocenters. The van der Waals surface area contributed by atoms with E-state index in [0.29, 0.717) is 28.6 Å². The normalized spacial score (nSPS) is 24.4. The molecule has 0 saturated heterocycles. The number of hydrogen-bond acceptors (Lipinski definition) is 6. The largest absolute Gasteiger partial charge is 0.425 e. The maximum atomic E-state index is 14.9. The third-order valence-electron chi connectivity index (χ3n) is 8.66. The van der Waals surface area contributed by atoms with Crippen LogP contribution in [0.1, 0.15) is 49.4 Å². The van der Waals surface area contributed by atoms with Gasteiger partial charge in [-0.25, -0.2) is 0 Å². The summed E-state index contributed by atoms with van der Waals surface area (Å²) in [5.41, 5.74) is 6.47. The molecule has 0 fully saturated rings. The van der Waals surface area contributed by atoms with Gasteiger partial charge in [-0.15, -0.1) is 0 Å². The Morgan fingerprint density at radius 2 is 1.62 bits per heavy atom. The highest BCUT2D eigenvalue weighted by atomic mass is 16.6. The van der Waals surface area contributed by atoms with Crippen LogP contribution in [0.25, 0.3) is 11.0 Å². The van der Waals surface area contributed by atoms with E-state index in [-0.39, 0.29) is 23.0 Å². The number of amides is 1. The Labute approximate surface area is 224 Å². The SMILES string of the molecule is CC1(c2ccccc2)CC(C)(C)N2C(=O)C3(C(C#N)=C(N)Oc4oc5ccccc5c(=O)c43)c3cccc1c32. The van der Waals surface area contributed by atoms with Crippen molar-refractivity contribution < 1.29 is 13.9 Å². The molecule has 1 amide bonds. The lowest BCUT2D eigenvalue weighted by molar-refractivity contribution is -0.122. The van der Waals surface area contributed by atoms with Gasteiger partial charge in [0.15, 0.2) is 5.41 Å². The van der Waals surface area contributed by atoms with Gasteiger partial charge in [-0.05, 0) is 43.5 Å². The van der Waals surface area contributed by atoms with E-state index < -0.39 is 27.7 Å². The molecule has 3 aliphatic rings. The quantitative estimate of drug-likeness (QED) is 0.382. The molecule has 0 aliphatic carbocycles. The first-order chi connectivity index (χ1) is 18.7. The second-order valence-electron chi connectivity index (χ2n) is 11.3. The van der Waals surface area contributed by atoms with Gasteiger partial charge in [0.05, 0.1) is 11.1 Å². The van der Waals surface area contributed by atoms with E-state index in [0.717, 1.165) is 11.1 Å². The van der Waals surface area contributed by atoms with E-state index in [1.54, 1.807) is 29.2 Å². The van der Waals surface area contributed by atoms with Crippen LogP contribution in [0.2, 0.25) is 0 Å². The highest BCUT2D eigenvalue weighted by molar-refractivity contribution is 6.16. The summed E-state index contributed by atoms with van der Waals surface area (Å²) in [5, 5.41) is 10.7. The first-order valence-corrected chi connectivity index (χ1v) is 12.8. The Hall–Kier alpha value is -4.83. The van der Waals surface area contributed by atoms with E-state index >= 15 is 0 Å². The molecule has 7 rings (SSSR count). The van der Waals surface area contributed by atoms with Crippen molar-refractivity contribution in [2.24, 2.45) is 5.73 Å². The topological polar surface area (TPSA) is 110 Å². The van der Waals surface area contributed by atoms with Crippen LogP contribution in [0.3, 0.4) is 0 Å². The second-order valence-corrected chi connectivity index (χ2v) is 11.3. The van der Waals surface area contributed by atoms with Crippen LogP contribution in [-0.4, -0.2) is 11.4 Å². The standard InChI is InChI=1S/C32H25N3O4/c1-30(2)17-31(3,18-10-5-4-6-11-18)20-13-9-14-21-25(20)35(30)29(37)32(21)22(16-33)27(34)39-28-24(32)26(36)19-12-7-8-15-23(19)38-28/h4-15H,17,34H2,1-3H3. The van der Waals surface area contributed by atoms with Crippen molar-refractivity contribution >= 4 is 22.6 Å². The van der Waals surface area contributed by atoms with Crippen LogP contribution in [0, 0.1) is 11.3 Å². The van der Waals surface area contributed by atoms with E-state index in [2.05, 4.69) is 25.1 Å². The average Bonchev–Trinajstić information content (AvgIpc) is 3.17. The third-order valence-corrected chi connectivity index (χ3v) is 8.66. The fourth-order valence-corrected chi connectivity index (χ4v) is 7.20. The molecule has 39 heavy (non-hydrogen) atoms. The zero-order valence-corrected chi connectivity index (χ0v) is 21.7. The van der Waals surface area contributed by atoms with E-state index in [9.17, 15) is 14.9 Å². The molecule has 192 valence electrons. The minimum atomic E-state index is -1.80. The number of anilines is 1. The van der Waals surface area contributed by atoms with Crippen molar-refractivity contribution in [2.45, 2.75) is 43.6 Å². The monoisotopic (exact) mass is 515 g/mol. The van der Waals surface area contributed by atoms with Crippen LogP contribution >= 0.6 is 0 Å². The average molecular weight is 516 g/mol. The van der Waals surface area contributed by atoms with Crippen molar-refractivity contribution in [3.05, 3.63) is 117 Å². The molecule has 0 saturated carbocycles. The summed E-state index contributed by atoms with van der Waals surface area (Å²) in [6, 6.07) is 24.9. The lowest BCUT2D eigenvalue weighted by Crippen LogP contribution is -2.57. The number of rotatable bonds is 1. The number of carbonyl (C=O) groups is 1. The van der Waals surface area contributed by atoms with Gasteiger partial charge in [0.2, 0.25) is 17.2 Å². The summed E-state index contributed by atoms with van der Waals surface area (Å²) in [6.45, 7) is 6.22. The van der Waals surface area contributed by atoms with Gasteiger partial charge in [-0.2, -0.15) is 5.26 Å². The van der Waals surface area contributed by atoms with E-state index in [4.69, 9.17) is 14.9 Å². The highest BCUT2D eigenvalue weighted by Crippen LogP contribution is 2.62. The summed E-state index contributed by atoms with van der Waals surface area (Å²) in [4.78, 5) is 30.9. The van der Waals surface area contributed by atoms with Crippen molar-refractivity contribution in [3.8, 4) is 12.0 Å². The molecule has 7 heteroatoms. The van der Waals surface area contributed by atoms with Crippen LogP contribution in [-0.2, 0) is 15.6 Å². The van der Waals surface area contributed by atoms with E-state index in [1.165, 1.54) is 0 Å². The van der Waals surface area contributed by atoms with Crippen molar-refractivity contribution in [1.29, 1.82) is 5.26 Å². The molecule has 2 N–H and O–H groups in total. The molecule has 1 spiro atoms. The molecule has 3 aromatic carbocycles. The number of nitrogens with zero attached hydrogens (tertiary/aromatic N) is 2. The number of hydrogen-bond donors (Lipinski definition) is 1. The number of benzene rings is 3. The first-order valence-electron chi connectivity index (χ1n) is 12.8. The van der Waals surface area contributed by atoms with Gasteiger partial charge >= 0.3 is 5.95 Å². The molecule has 0 bridgehead atoms. The summed E-state index contributed by atoms with van der Waals surface area (Å²) in [5.74, 6) is -0.820. The second kappa shape index (κ2) is 7.39. The maximum absolute atomic E-state index is 14.9. The Kier molecular flexibility index (Phi) is 4.41. The molecular formula is C32H25N3O4. The van der Waals surface area contributed by atoms with Crippen molar-refractivity contribution in [1.82, 2.24) is 0 Å². The Morgan fingerprint density at radius 1 is 0.923 bits per heavy atom. The number of carbonyl (C=O) groups excluding carboxylic acids is 1. The summed E-state index contributed by atoms with van der Waals surface area (Å²) in [6.07, 6.45) is 0.624. The van der Waals surface area contributed by atoms with Crippen LogP contribution < -0.4 is 20.8 Å². The molecule has 0 radical (unpaired) electrons. The molecule has 3 aliphatic heterocycles. The smallest absolute Gasteiger partial charge is 0.300 e. The predicted octanol–water partition coefficient (Wildman–Crippen LogP) is 5.00. The van der Waals surface area contributed by atoms with E-state index in [1.807, 2.05) is 50.2 Å². The summed E-state index contributed by atoms with van der Waals surface area (Å²) in [7, 11) is 0. The molecule has 4 heterocycles. The fourth-order valence-electron chi connectivity index (χ4n) is 7.20. The molecule has 2 unspecified atom stereocenters. The molecule has 4 aromatic rings. The lowest BCUT2D eigenvalue weighted by Gasteiger charge is -2.50. The predicted molar refractivity (Wildman–Crippen MR) is 146 cm³/mol. The van der Waals surface area contributed by atoms with Crippen LogP contribution in [0.4, 0.5) is 5.69 Å². The van der Waals surface area contributed by atoms with Gasteiger partial charge in [0.1, 0.15) is 22.8 Å². The zero-order chi connectivity index (χ0) is 27.3.